The van der Waals surface area contributed by atoms with Crippen molar-refractivity contribution in [2.45, 2.75) is 12.0 Å². The summed E-state index contributed by atoms with van der Waals surface area (Å²) in [7, 11) is 3.22. The first-order valence-corrected chi connectivity index (χ1v) is 7.40. The molecule has 3 rings (SSSR count). The largest absolute Gasteiger partial charge is 0.496 e. The van der Waals surface area contributed by atoms with Crippen molar-refractivity contribution in [3.8, 4) is 11.5 Å². The molecule has 3 nitrogen and oxygen atoms in total. The van der Waals surface area contributed by atoms with Gasteiger partial charge in [-0.15, -0.1) is 0 Å². The Labute approximate surface area is 134 Å². The van der Waals surface area contributed by atoms with Gasteiger partial charge in [0.25, 0.3) is 0 Å². The fourth-order valence-corrected chi connectivity index (χ4v) is 3.02. The van der Waals surface area contributed by atoms with E-state index in [1.807, 2.05) is 48.6 Å². The van der Waals surface area contributed by atoms with Gasteiger partial charge in [0.2, 0.25) is 0 Å². The lowest BCUT2D eigenvalue weighted by molar-refractivity contribution is 0.155. The molecule has 0 amide bonds. The first-order valence-electron chi connectivity index (χ1n) is 7.02. The van der Waals surface area contributed by atoms with Gasteiger partial charge in [0, 0.05) is 22.1 Å². The molecule has 0 saturated carbocycles. The van der Waals surface area contributed by atoms with Gasteiger partial charge in [0.1, 0.15) is 11.5 Å². The van der Waals surface area contributed by atoms with E-state index in [2.05, 4.69) is 0 Å². The Balaban J connectivity index is 2.09. The van der Waals surface area contributed by atoms with Crippen LogP contribution in [0, 0.1) is 0 Å². The maximum Gasteiger partial charge on any atom is 0.126 e. The third kappa shape index (κ3) is 2.47. The van der Waals surface area contributed by atoms with E-state index in [4.69, 9.17) is 21.1 Å². The molecular formula is C18H17ClO3. The summed E-state index contributed by atoms with van der Waals surface area (Å²) in [6, 6.07) is 11.2. The summed E-state index contributed by atoms with van der Waals surface area (Å²) in [6.07, 6.45) is 3.26. The molecule has 4 heteroatoms. The SMILES string of the molecule is COc1ccc(OC)c2c1C=C[C@H](c1ccc(Cl)cc1)[C@@H]2O. The van der Waals surface area contributed by atoms with Crippen LogP contribution in [0.2, 0.25) is 5.02 Å². The van der Waals surface area contributed by atoms with E-state index in [0.717, 1.165) is 22.4 Å². The molecule has 2 aromatic rings. The molecule has 1 N–H and O–H groups in total. The first kappa shape index (κ1) is 14.9. The smallest absolute Gasteiger partial charge is 0.126 e. The van der Waals surface area contributed by atoms with Crippen LogP contribution in [0.1, 0.15) is 28.7 Å². The summed E-state index contributed by atoms with van der Waals surface area (Å²) in [6.45, 7) is 0. The van der Waals surface area contributed by atoms with E-state index in [9.17, 15) is 5.11 Å². The van der Waals surface area contributed by atoms with Gasteiger partial charge < -0.3 is 14.6 Å². The highest BCUT2D eigenvalue weighted by molar-refractivity contribution is 6.30. The average Bonchev–Trinajstić information content (AvgIpc) is 2.55. The predicted molar refractivity (Wildman–Crippen MR) is 87.7 cm³/mol. The minimum absolute atomic E-state index is 0.147. The van der Waals surface area contributed by atoms with Crippen molar-refractivity contribution >= 4 is 17.7 Å². The number of hydrogen-bond acceptors (Lipinski definition) is 3. The summed E-state index contributed by atoms with van der Waals surface area (Å²) in [5.41, 5.74) is 2.62. The Morgan fingerprint density at radius 1 is 0.955 bits per heavy atom. The Morgan fingerprint density at radius 2 is 1.59 bits per heavy atom. The van der Waals surface area contributed by atoms with E-state index >= 15 is 0 Å². The lowest BCUT2D eigenvalue weighted by Gasteiger charge is -2.28. The molecule has 1 aliphatic rings. The molecule has 0 heterocycles. The van der Waals surface area contributed by atoms with Gasteiger partial charge in [-0.2, -0.15) is 0 Å². The molecule has 0 aliphatic heterocycles. The Hall–Kier alpha value is -1.97. The highest BCUT2D eigenvalue weighted by Gasteiger charge is 2.30. The molecule has 0 saturated heterocycles. The number of hydrogen-bond donors (Lipinski definition) is 1. The van der Waals surface area contributed by atoms with Gasteiger partial charge >= 0.3 is 0 Å². The zero-order chi connectivity index (χ0) is 15.7. The number of rotatable bonds is 3. The number of aliphatic hydroxyl groups excluding tert-OH is 1. The molecule has 0 aromatic heterocycles. The molecule has 2 aromatic carbocycles. The molecule has 0 unspecified atom stereocenters. The number of fused-ring (bicyclic) bond motifs is 1. The third-order valence-electron chi connectivity index (χ3n) is 4.01. The fraction of sp³-hybridized carbons (Fsp3) is 0.222. The highest BCUT2D eigenvalue weighted by atomic mass is 35.5. The molecule has 22 heavy (non-hydrogen) atoms. The maximum atomic E-state index is 10.9. The second-order valence-electron chi connectivity index (χ2n) is 5.18. The zero-order valence-electron chi connectivity index (χ0n) is 12.4. The summed E-state index contributed by atoms with van der Waals surface area (Å²) < 4.78 is 10.8. The van der Waals surface area contributed by atoms with Crippen LogP contribution in [-0.2, 0) is 0 Å². The van der Waals surface area contributed by atoms with E-state index in [1.54, 1.807) is 14.2 Å². The summed E-state index contributed by atoms with van der Waals surface area (Å²) in [4.78, 5) is 0. The molecule has 0 spiro atoms. The van der Waals surface area contributed by atoms with Crippen LogP contribution in [0.15, 0.2) is 42.5 Å². The number of halogens is 1. The van der Waals surface area contributed by atoms with Gasteiger partial charge in [0.05, 0.1) is 20.3 Å². The van der Waals surface area contributed by atoms with Crippen LogP contribution < -0.4 is 9.47 Å². The molecule has 0 fully saturated rings. The Morgan fingerprint density at radius 3 is 2.23 bits per heavy atom. The van der Waals surface area contributed by atoms with Crippen LogP contribution in [-0.4, -0.2) is 19.3 Å². The highest BCUT2D eigenvalue weighted by Crippen LogP contribution is 2.45. The van der Waals surface area contributed by atoms with Crippen LogP contribution in [0.25, 0.3) is 6.08 Å². The Kier molecular flexibility index (Phi) is 4.10. The van der Waals surface area contributed by atoms with E-state index in [1.165, 1.54) is 0 Å². The lowest BCUT2D eigenvalue weighted by atomic mass is 9.82. The minimum atomic E-state index is -0.703. The molecule has 114 valence electrons. The average molecular weight is 317 g/mol. The summed E-state index contributed by atoms with van der Waals surface area (Å²) in [5.74, 6) is 1.23. The molecule has 2 atom stereocenters. The van der Waals surface area contributed by atoms with Crippen LogP contribution in [0.3, 0.4) is 0 Å². The first-order chi connectivity index (χ1) is 10.7. The van der Waals surface area contributed by atoms with Crippen LogP contribution in [0.5, 0.6) is 11.5 Å². The number of methoxy groups -OCH3 is 2. The van der Waals surface area contributed by atoms with E-state index in [-0.39, 0.29) is 5.92 Å². The van der Waals surface area contributed by atoms with Crippen LogP contribution >= 0.6 is 11.6 Å². The monoisotopic (exact) mass is 316 g/mol. The van der Waals surface area contributed by atoms with Gasteiger partial charge in [-0.25, -0.2) is 0 Å². The van der Waals surface area contributed by atoms with Crippen molar-refractivity contribution in [2.75, 3.05) is 14.2 Å². The molecule has 0 radical (unpaired) electrons. The van der Waals surface area contributed by atoms with E-state index in [0.29, 0.717) is 10.8 Å². The number of benzene rings is 2. The molecule has 0 bridgehead atoms. The van der Waals surface area contributed by atoms with Crippen molar-refractivity contribution in [3.63, 3.8) is 0 Å². The number of aliphatic hydroxyl groups is 1. The fourth-order valence-electron chi connectivity index (χ4n) is 2.89. The van der Waals surface area contributed by atoms with Crippen LogP contribution in [0.4, 0.5) is 0 Å². The standard InChI is InChI=1S/C18H17ClO3/c1-21-15-9-10-16(22-2)17-14(15)8-7-13(18(17)20)11-3-5-12(19)6-4-11/h3-10,13,18,20H,1-2H3/t13-,18+/m1/s1. The normalized spacial score (nSPS) is 19.6. The summed E-state index contributed by atoms with van der Waals surface area (Å²) in [5, 5.41) is 11.5. The van der Waals surface area contributed by atoms with Crippen molar-refractivity contribution in [1.82, 2.24) is 0 Å². The zero-order valence-corrected chi connectivity index (χ0v) is 13.2. The topological polar surface area (TPSA) is 38.7 Å². The van der Waals surface area contributed by atoms with E-state index < -0.39 is 6.10 Å². The van der Waals surface area contributed by atoms with Gasteiger partial charge in [-0.3, -0.25) is 0 Å². The van der Waals surface area contributed by atoms with Crippen molar-refractivity contribution in [1.29, 1.82) is 0 Å². The van der Waals surface area contributed by atoms with Crippen molar-refractivity contribution < 1.29 is 14.6 Å². The Bertz CT molecular complexity index is 707. The lowest BCUT2D eigenvalue weighted by Crippen LogP contribution is -2.15. The second kappa shape index (κ2) is 6.03. The van der Waals surface area contributed by atoms with Crippen molar-refractivity contribution in [3.05, 3.63) is 64.2 Å². The maximum absolute atomic E-state index is 10.9. The second-order valence-corrected chi connectivity index (χ2v) is 5.62. The molecular weight excluding hydrogens is 300 g/mol. The molecule has 1 aliphatic carbocycles. The number of ether oxygens (including phenoxy) is 2. The quantitative estimate of drug-likeness (QED) is 0.922. The predicted octanol–water partition coefficient (Wildman–Crippen LogP) is 4.20. The third-order valence-corrected chi connectivity index (χ3v) is 4.26. The van der Waals surface area contributed by atoms with Gasteiger partial charge in [-0.1, -0.05) is 35.9 Å². The van der Waals surface area contributed by atoms with Gasteiger partial charge in [0.15, 0.2) is 0 Å². The van der Waals surface area contributed by atoms with Crippen molar-refractivity contribution in [2.24, 2.45) is 0 Å². The minimum Gasteiger partial charge on any atom is -0.496 e. The van der Waals surface area contributed by atoms with Gasteiger partial charge in [-0.05, 0) is 29.8 Å². The summed E-state index contributed by atoms with van der Waals surface area (Å²) >= 11 is 5.94.